The minimum absolute atomic E-state index is 0.157. The summed E-state index contributed by atoms with van der Waals surface area (Å²) >= 11 is 0. The standard InChI is InChI=1S/C16H24F3NO2/c1-4-5-13(20)14(21)8-10(2)12-7-6-11(16(17,18)19)9-15(12)22-3/h6-7,9-10,13-14,21H,4-5,8,20H2,1-3H3. The number of halogens is 3. The maximum Gasteiger partial charge on any atom is 0.416 e. The zero-order valence-corrected chi connectivity index (χ0v) is 13.2. The quantitative estimate of drug-likeness (QED) is 0.806. The molecule has 3 N–H and O–H groups in total. The summed E-state index contributed by atoms with van der Waals surface area (Å²) in [5, 5.41) is 10.1. The largest absolute Gasteiger partial charge is 0.496 e. The van der Waals surface area contributed by atoms with E-state index in [9.17, 15) is 18.3 Å². The van der Waals surface area contributed by atoms with E-state index in [1.54, 1.807) is 0 Å². The fourth-order valence-electron chi connectivity index (χ4n) is 2.48. The van der Waals surface area contributed by atoms with Gasteiger partial charge in [-0.25, -0.2) is 0 Å². The lowest BCUT2D eigenvalue weighted by atomic mass is 9.90. The van der Waals surface area contributed by atoms with Crippen molar-refractivity contribution in [3.05, 3.63) is 29.3 Å². The van der Waals surface area contributed by atoms with Gasteiger partial charge in [0, 0.05) is 6.04 Å². The SMILES string of the molecule is CCCC(N)C(O)CC(C)c1ccc(C(F)(F)F)cc1OC. The van der Waals surface area contributed by atoms with Crippen molar-refractivity contribution in [1.82, 2.24) is 0 Å². The zero-order chi connectivity index (χ0) is 16.9. The maximum absolute atomic E-state index is 12.7. The van der Waals surface area contributed by atoms with Crippen molar-refractivity contribution in [2.75, 3.05) is 7.11 Å². The lowest BCUT2D eigenvalue weighted by molar-refractivity contribution is -0.137. The summed E-state index contributed by atoms with van der Waals surface area (Å²) < 4.78 is 43.3. The van der Waals surface area contributed by atoms with Crippen molar-refractivity contribution in [2.45, 2.75) is 57.3 Å². The lowest BCUT2D eigenvalue weighted by Crippen LogP contribution is -2.35. The van der Waals surface area contributed by atoms with Crippen LogP contribution in [-0.4, -0.2) is 24.4 Å². The summed E-state index contributed by atoms with van der Waals surface area (Å²) in [6.07, 6.45) is -3.14. The molecule has 1 aromatic carbocycles. The van der Waals surface area contributed by atoms with Crippen molar-refractivity contribution >= 4 is 0 Å². The third-order valence-electron chi connectivity index (χ3n) is 3.80. The molecule has 0 heterocycles. The Kier molecular flexibility index (Phi) is 6.68. The average Bonchev–Trinajstić information content (AvgIpc) is 2.45. The van der Waals surface area contributed by atoms with Crippen molar-refractivity contribution in [1.29, 1.82) is 0 Å². The van der Waals surface area contributed by atoms with Gasteiger partial charge in [0.2, 0.25) is 0 Å². The van der Waals surface area contributed by atoms with E-state index >= 15 is 0 Å². The molecule has 0 amide bonds. The molecule has 6 heteroatoms. The molecule has 0 aromatic heterocycles. The summed E-state index contributed by atoms with van der Waals surface area (Å²) in [6, 6.07) is 3.11. The van der Waals surface area contributed by atoms with Gasteiger partial charge >= 0.3 is 6.18 Å². The van der Waals surface area contributed by atoms with Gasteiger partial charge in [0.05, 0.1) is 18.8 Å². The molecule has 3 nitrogen and oxygen atoms in total. The van der Waals surface area contributed by atoms with E-state index < -0.39 is 17.8 Å². The summed E-state index contributed by atoms with van der Waals surface area (Å²) in [7, 11) is 1.34. The fraction of sp³-hybridized carbons (Fsp3) is 0.625. The predicted molar refractivity (Wildman–Crippen MR) is 79.9 cm³/mol. The van der Waals surface area contributed by atoms with Crippen LogP contribution in [0.15, 0.2) is 18.2 Å². The highest BCUT2D eigenvalue weighted by Crippen LogP contribution is 2.36. The van der Waals surface area contributed by atoms with Crippen LogP contribution in [0.1, 0.15) is 50.2 Å². The topological polar surface area (TPSA) is 55.5 Å². The first-order chi connectivity index (χ1) is 10.2. The molecule has 0 aliphatic heterocycles. The molecule has 0 spiro atoms. The summed E-state index contributed by atoms with van der Waals surface area (Å²) in [5.41, 5.74) is 5.77. The molecule has 22 heavy (non-hydrogen) atoms. The molecule has 0 saturated carbocycles. The van der Waals surface area contributed by atoms with E-state index in [2.05, 4.69) is 0 Å². The van der Waals surface area contributed by atoms with Crippen LogP contribution in [0.25, 0.3) is 0 Å². The lowest BCUT2D eigenvalue weighted by Gasteiger charge is -2.23. The van der Waals surface area contributed by atoms with Gasteiger partial charge in [-0.1, -0.05) is 26.3 Å². The van der Waals surface area contributed by atoms with Crippen LogP contribution in [0.5, 0.6) is 5.75 Å². The Morgan fingerprint density at radius 2 is 1.95 bits per heavy atom. The van der Waals surface area contributed by atoms with E-state index in [1.807, 2.05) is 13.8 Å². The van der Waals surface area contributed by atoms with Gasteiger partial charge in [-0.05, 0) is 36.5 Å². The maximum atomic E-state index is 12.7. The van der Waals surface area contributed by atoms with Crippen molar-refractivity contribution in [3.63, 3.8) is 0 Å². The number of ether oxygens (including phenoxy) is 1. The van der Waals surface area contributed by atoms with Gasteiger partial charge in [-0.15, -0.1) is 0 Å². The first-order valence-electron chi connectivity index (χ1n) is 7.39. The third-order valence-corrected chi connectivity index (χ3v) is 3.80. The molecular weight excluding hydrogens is 295 g/mol. The van der Waals surface area contributed by atoms with Gasteiger partial charge in [-0.3, -0.25) is 0 Å². The van der Waals surface area contributed by atoms with Gasteiger partial charge in [-0.2, -0.15) is 13.2 Å². The highest BCUT2D eigenvalue weighted by atomic mass is 19.4. The second-order valence-corrected chi connectivity index (χ2v) is 5.61. The number of nitrogens with two attached hydrogens (primary N) is 1. The number of hydrogen-bond acceptors (Lipinski definition) is 3. The Bertz CT molecular complexity index is 477. The number of alkyl halides is 3. The molecule has 1 rings (SSSR count). The number of hydrogen-bond donors (Lipinski definition) is 2. The van der Waals surface area contributed by atoms with E-state index in [1.165, 1.54) is 13.2 Å². The van der Waals surface area contributed by atoms with Gasteiger partial charge in [0.15, 0.2) is 0 Å². The van der Waals surface area contributed by atoms with Crippen LogP contribution in [0.3, 0.4) is 0 Å². The van der Waals surface area contributed by atoms with Crippen LogP contribution in [0.4, 0.5) is 13.2 Å². The number of rotatable bonds is 7. The summed E-state index contributed by atoms with van der Waals surface area (Å²) in [5.74, 6) is 0.0220. The van der Waals surface area contributed by atoms with Crippen LogP contribution in [0.2, 0.25) is 0 Å². The molecule has 0 bridgehead atoms. The Balaban J connectivity index is 2.91. The highest BCUT2D eigenvalue weighted by molar-refractivity contribution is 5.40. The summed E-state index contributed by atoms with van der Waals surface area (Å²) in [6.45, 7) is 3.82. The number of aliphatic hydroxyl groups is 1. The first-order valence-corrected chi connectivity index (χ1v) is 7.39. The minimum atomic E-state index is -4.40. The van der Waals surface area contributed by atoms with Crippen LogP contribution < -0.4 is 10.5 Å². The molecule has 3 unspecified atom stereocenters. The van der Waals surface area contributed by atoms with Crippen LogP contribution in [0, 0.1) is 0 Å². The normalized spacial score (nSPS) is 16.2. The molecule has 0 aliphatic rings. The second kappa shape index (κ2) is 7.83. The van der Waals surface area contributed by atoms with Gasteiger partial charge in [0.25, 0.3) is 0 Å². The molecule has 0 saturated heterocycles. The monoisotopic (exact) mass is 319 g/mol. The number of methoxy groups -OCH3 is 1. The van der Waals surface area contributed by atoms with Crippen molar-refractivity contribution in [2.24, 2.45) is 5.73 Å². The zero-order valence-electron chi connectivity index (χ0n) is 13.2. The van der Waals surface area contributed by atoms with E-state index in [-0.39, 0.29) is 17.7 Å². The van der Waals surface area contributed by atoms with Crippen molar-refractivity contribution in [3.8, 4) is 5.75 Å². The number of benzene rings is 1. The minimum Gasteiger partial charge on any atom is -0.496 e. The Labute approximate surface area is 129 Å². The highest BCUT2D eigenvalue weighted by Gasteiger charge is 2.32. The molecule has 3 atom stereocenters. The molecule has 0 radical (unpaired) electrons. The smallest absolute Gasteiger partial charge is 0.416 e. The predicted octanol–water partition coefficient (Wildman–Crippen LogP) is 3.70. The summed E-state index contributed by atoms with van der Waals surface area (Å²) in [4.78, 5) is 0. The average molecular weight is 319 g/mol. The fourth-order valence-corrected chi connectivity index (χ4v) is 2.48. The Morgan fingerprint density at radius 1 is 1.32 bits per heavy atom. The van der Waals surface area contributed by atoms with E-state index in [4.69, 9.17) is 10.5 Å². The van der Waals surface area contributed by atoms with Crippen LogP contribution >= 0.6 is 0 Å². The number of aliphatic hydroxyl groups excluding tert-OH is 1. The van der Waals surface area contributed by atoms with E-state index in [0.717, 1.165) is 18.6 Å². The first kappa shape index (κ1) is 18.8. The molecular formula is C16H24F3NO2. The van der Waals surface area contributed by atoms with Crippen LogP contribution in [-0.2, 0) is 6.18 Å². The molecule has 0 aliphatic carbocycles. The van der Waals surface area contributed by atoms with Gasteiger partial charge < -0.3 is 15.6 Å². The molecule has 126 valence electrons. The Morgan fingerprint density at radius 3 is 2.45 bits per heavy atom. The van der Waals surface area contributed by atoms with Crippen molar-refractivity contribution < 1.29 is 23.0 Å². The van der Waals surface area contributed by atoms with E-state index in [0.29, 0.717) is 18.4 Å². The molecule has 1 aromatic rings. The van der Waals surface area contributed by atoms with Gasteiger partial charge in [0.1, 0.15) is 5.75 Å². The Hall–Kier alpha value is -1.27. The third kappa shape index (κ3) is 4.88. The second-order valence-electron chi connectivity index (χ2n) is 5.61. The molecule has 0 fully saturated rings.